The Labute approximate surface area is 203 Å². The first kappa shape index (κ1) is 24.6. The topological polar surface area (TPSA) is 71.1 Å². The van der Waals surface area contributed by atoms with Crippen molar-refractivity contribution in [3.63, 3.8) is 0 Å². The Kier molecular flexibility index (Phi) is 8.17. The van der Waals surface area contributed by atoms with E-state index in [-0.39, 0.29) is 18.2 Å². The van der Waals surface area contributed by atoms with Gasteiger partial charge in [-0.2, -0.15) is 0 Å². The molecule has 6 heteroatoms. The normalized spacial score (nSPS) is 30.6. The summed E-state index contributed by atoms with van der Waals surface area (Å²) < 4.78 is 22.2. The van der Waals surface area contributed by atoms with Gasteiger partial charge >= 0.3 is 11.9 Å². The molecule has 0 aromatic rings. The molecule has 0 aromatic heterocycles. The Morgan fingerprint density at radius 3 is 1.79 bits per heavy atom. The molecule has 6 nitrogen and oxygen atoms in total. The van der Waals surface area contributed by atoms with E-state index in [0.29, 0.717) is 0 Å². The van der Waals surface area contributed by atoms with Crippen LogP contribution in [-0.4, -0.2) is 30.4 Å². The Hall–Kier alpha value is -2.50. The zero-order chi connectivity index (χ0) is 24.0. The summed E-state index contributed by atoms with van der Waals surface area (Å²) >= 11 is 0. The van der Waals surface area contributed by atoms with Gasteiger partial charge in [0.05, 0.1) is 11.5 Å². The van der Waals surface area contributed by atoms with Gasteiger partial charge in [-0.25, -0.2) is 9.59 Å². The molecule has 6 rings (SSSR count). The van der Waals surface area contributed by atoms with Gasteiger partial charge in [0, 0.05) is 25.0 Å². The lowest BCUT2D eigenvalue weighted by molar-refractivity contribution is -0.181. The third-order valence-corrected chi connectivity index (χ3v) is 7.56. The maximum Gasteiger partial charge on any atom is 0.330 e. The number of carbonyl (C=O) groups excluding carboxylic acids is 2. The standard InChI is InChI=1S/C15H20O4.C13H18O2/c1-2-14(16)17-11-15(18-12-7-3-4-8-12)19-13-9-5-6-10-13;1-2-12(14)15-13-6-9-3-10(7-13)5-11(4-9)8-13/h2,7,9,15H,1,3-6,8,10-11H2;2,9-11H,1,3-8H2. The molecule has 0 aliphatic heterocycles. The zero-order valence-electron chi connectivity index (χ0n) is 20.2. The summed E-state index contributed by atoms with van der Waals surface area (Å²) in [6, 6.07) is 0. The first-order valence-corrected chi connectivity index (χ1v) is 12.8. The summed E-state index contributed by atoms with van der Waals surface area (Å²) in [5, 5.41) is 0. The summed E-state index contributed by atoms with van der Waals surface area (Å²) in [6.07, 6.45) is 19.6. The molecule has 0 saturated heterocycles. The van der Waals surface area contributed by atoms with E-state index in [9.17, 15) is 9.59 Å². The van der Waals surface area contributed by atoms with Crippen molar-refractivity contribution in [2.24, 2.45) is 17.8 Å². The number of hydrogen-bond acceptors (Lipinski definition) is 6. The van der Waals surface area contributed by atoms with Crippen molar-refractivity contribution in [3.8, 4) is 0 Å². The van der Waals surface area contributed by atoms with E-state index in [1.807, 2.05) is 0 Å². The first-order valence-electron chi connectivity index (χ1n) is 12.8. The second-order valence-electron chi connectivity index (χ2n) is 10.4. The van der Waals surface area contributed by atoms with E-state index in [1.165, 1.54) is 25.3 Å². The molecule has 186 valence electrons. The molecule has 4 fully saturated rings. The zero-order valence-corrected chi connectivity index (χ0v) is 20.2. The number of allylic oxidation sites excluding steroid dienone is 4. The molecule has 0 N–H and O–H groups in total. The summed E-state index contributed by atoms with van der Waals surface area (Å²) in [5.74, 6) is 3.66. The lowest BCUT2D eigenvalue weighted by Crippen LogP contribution is -2.52. The van der Waals surface area contributed by atoms with Crippen LogP contribution >= 0.6 is 0 Å². The van der Waals surface area contributed by atoms with Crippen molar-refractivity contribution < 1.29 is 28.5 Å². The molecule has 0 aromatic carbocycles. The highest BCUT2D eigenvalue weighted by Crippen LogP contribution is 2.57. The minimum Gasteiger partial charge on any atom is -0.456 e. The number of rotatable bonds is 9. The number of esters is 2. The molecule has 0 amide bonds. The highest BCUT2D eigenvalue weighted by Gasteiger charge is 2.53. The van der Waals surface area contributed by atoms with Crippen LogP contribution in [-0.2, 0) is 28.5 Å². The minimum absolute atomic E-state index is 0.0829. The van der Waals surface area contributed by atoms with Crippen LogP contribution in [0.4, 0.5) is 0 Å². The average Bonchev–Trinajstić information content (AvgIpc) is 3.51. The van der Waals surface area contributed by atoms with E-state index in [1.54, 1.807) is 0 Å². The lowest BCUT2D eigenvalue weighted by Gasteiger charge is -2.55. The maximum atomic E-state index is 11.4. The number of carbonyl (C=O) groups is 2. The molecule has 0 heterocycles. The van der Waals surface area contributed by atoms with Gasteiger partial charge in [-0.15, -0.1) is 0 Å². The maximum absolute atomic E-state index is 11.4. The largest absolute Gasteiger partial charge is 0.456 e. The molecule has 0 atom stereocenters. The molecule has 0 spiro atoms. The van der Waals surface area contributed by atoms with Crippen molar-refractivity contribution in [2.75, 3.05) is 6.61 Å². The van der Waals surface area contributed by atoms with E-state index >= 15 is 0 Å². The predicted molar refractivity (Wildman–Crippen MR) is 128 cm³/mol. The molecule has 6 aliphatic rings. The summed E-state index contributed by atoms with van der Waals surface area (Å²) in [7, 11) is 0. The summed E-state index contributed by atoms with van der Waals surface area (Å²) in [5.41, 5.74) is -0.0972. The first-order chi connectivity index (χ1) is 16.5. The number of ether oxygens (including phenoxy) is 4. The highest BCUT2D eigenvalue weighted by atomic mass is 16.7. The molecule has 4 bridgehead atoms. The van der Waals surface area contributed by atoms with Gasteiger partial charge in [0.15, 0.2) is 6.61 Å². The Bertz CT molecular complexity index is 777. The number of hydrogen-bond donors (Lipinski definition) is 0. The van der Waals surface area contributed by atoms with Crippen LogP contribution in [0.5, 0.6) is 0 Å². The van der Waals surface area contributed by atoms with Crippen molar-refractivity contribution >= 4 is 11.9 Å². The second kappa shape index (κ2) is 11.3. The van der Waals surface area contributed by atoms with Crippen LogP contribution < -0.4 is 0 Å². The Morgan fingerprint density at radius 1 is 0.882 bits per heavy atom. The molecule has 4 saturated carbocycles. The fraction of sp³-hybridized carbons (Fsp3) is 0.643. The van der Waals surface area contributed by atoms with Crippen molar-refractivity contribution in [1.82, 2.24) is 0 Å². The minimum atomic E-state index is -0.558. The van der Waals surface area contributed by atoms with Gasteiger partial charge in [0.1, 0.15) is 5.60 Å². The van der Waals surface area contributed by atoms with Gasteiger partial charge in [-0.05, 0) is 94.1 Å². The molecular formula is C28H38O6. The Balaban J connectivity index is 0.000000165. The SMILES string of the molecule is C=CC(=O)OC12CC3CC(CC(C3)C1)C2.C=CC(=O)OCC(OC1=CCCC1)OC1=CCCC1. The predicted octanol–water partition coefficient (Wildman–Crippen LogP) is 5.89. The van der Waals surface area contributed by atoms with Gasteiger partial charge < -0.3 is 18.9 Å². The molecule has 0 radical (unpaired) electrons. The van der Waals surface area contributed by atoms with Gasteiger partial charge in [0.25, 0.3) is 6.29 Å². The molecule has 34 heavy (non-hydrogen) atoms. The Morgan fingerprint density at radius 2 is 1.38 bits per heavy atom. The third-order valence-electron chi connectivity index (χ3n) is 7.56. The van der Waals surface area contributed by atoms with Crippen molar-refractivity contribution in [3.05, 3.63) is 49.0 Å². The van der Waals surface area contributed by atoms with E-state index in [2.05, 4.69) is 25.3 Å². The van der Waals surface area contributed by atoms with Crippen LogP contribution in [0, 0.1) is 17.8 Å². The van der Waals surface area contributed by atoms with Crippen LogP contribution in [0.1, 0.15) is 77.0 Å². The van der Waals surface area contributed by atoms with Crippen molar-refractivity contribution in [1.29, 1.82) is 0 Å². The fourth-order valence-corrected chi connectivity index (χ4v) is 6.55. The van der Waals surface area contributed by atoms with Crippen LogP contribution in [0.15, 0.2) is 49.0 Å². The van der Waals surface area contributed by atoms with Crippen LogP contribution in [0.3, 0.4) is 0 Å². The monoisotopic (exact) mass is 470 g/mol. The molecule has 6 aliphatic carbocycles. The second-order valence-corrected chi connectivity index (χ2v) is 10.4. The summed E-state index contributed by atoms with van der Waals surface area (Å²) in [4.78, 5) is 22.5. The van der Waals surface area contributed by atoms with E-state index in [4.69, 9.17) is 18.9 Å². The van der Waals surface area contributed by atoms with Crippen molar-refractivity contribution in [2.45, 2.75) is 88.9 Å². The smallest absolute Gasteiger partial charge is 0.330 e. The van der Waals surface area contributed by atoms with E-state index in [0.717, 1.165) is 93.1 Å². The molecular weight excluding hydrogens is 432 g/mol. The highest BCUT2D eigenvalue weighted by molar-refractivity contribution is 5.81. The van der Waals surface area contributed by atoms with Gasteiger partial charge in [-0.1, -0.05) is 13.2 Å². The van der Waals surface area contributed by atoms with E-state index < -0.39 is 12.3 Å². The summed E-state index contributed by atoms with van der Waals surface area (Å²) in [6.45, 7) is 6.93. The van der Waals surface area contributed by atoms with Crippen LogP contribution in [0.25, 0.3) is 0 Å². The van der Waals surface area contributed by atoms with Gasteiger partial charge in [-0.3, -0.25) is 0 Å². The lowest BCUT2D eigenvalue weighted by atomic mass is 9.54. The quantitative estimate of drug-likeness (QED) is 0.238. The molecule has 0 unspecified atom stereocenters. The fourth-order valence-electron chi connectivity index (χ4n) is 6.55. The van der Waals surface area contributed by atoms with Crippen LogP contribution in [0.2, 0.25) is 0 Å². The van der Waals surface area contributed by atoms with Gasteiger partial charge in [0.2, 0.25) is 0 Å². The average molecular weight is 471 g/mol. The third kappa shape index (κ3) is 6.55.